The fourth-order valence-electron chi connectivity index (χ4n) is 2.85. The Morgan fingerprint density at radius 3 is 2.35 bits per heavy atom. The summed E-state index contributed by atoms with van der Waals surface area (Å²) in [5.74, 6) is -0.225. The van der Waals surface area contributed by atoms with Crippen LogP contribution in [0.3, 0.4) is 0 Å². The normalized spacial score (nSPS) is 15.3. The lowest BCUT2D eigenvalue weighted by Gasteiger charge is -2.24. The van der Waals surface area contributed by atoms with Crippen LogP contribution in [0.25, 0.3) is 0 Å². The van der Waals surface area contributed by atoms with E-state index in [9.17, 15) is 9.18 Å². The lowest BCUT2D eigenvalue weighted by Crippen LogP contribution is -2.36. The molecular weight excluding hydrogens is 336 g/mol. The zero-order valence-corrected chi connectivity index (χ0v) is 14.2. The SMILES string of the molecule is CN(Cc1ccc(F)cc1)C(=O)C1(c2ccc(Cl)c(Cl)c2)CC1. The van der Waals surface area contributed by atoms with Gasteiger partial charge in [0.15, 0.2) is 0 Å². The van der Waals surface area contributed by atoms with Gasteiger partial charge in [0.25, 0.3) is 0 Å². The highest BCUT2D eigenvalue weighted by molar-refractivity contribution is 6.42. The van der Waals surface area contributed by atoms with Crippen LogP contribution >= 0.6 is 23.2 Å². The smallest absolute Gasteiger partial charge is 0.233 e. The van der Waals surface area contributed by atoms with Gasteiger partial charge in [-0.05, 0) is 48.2 Å². The van der Waals surface area contributed by atoms with Crippen LogP contribution in [-0.2, 0) is 16.8 Å². The third kappa shape index (κ3) is 3.22. The Hall–Kier alpha value is -1.58. The number of carbonyl (C=O) groups is 1. The standard InChI is InChI=1S/C18H16Cl2FNO/c1-22(11-12-2-5-14(21)6-3-12)17(23)18(8-9-18)13-4-7-15(19)16(20)10-13/h2-7,10H,8-9,11H2,1H3. The van der Waals surface area contributed by atoms with Crippen LogP contribution in [0.4, 0.5) is 4.39 Å². The molecule has 0 N–H and O–H groups in total. The topological polar surface area (TPSA) is 20.3 Å². The van der Waals surface area contributed by atoms with Crippen LogP contribution in [0.15, 0.2) is 42.5 Å². The third-order valence-corrected chi connectivity index (χ3v) is 5.05. The van der Waals surface area contributed by atoms with Crippen molar-refractivity contribution in [3.63, 3.8) is 0 Å². The van der Waals surface area contributed by atoms with E-state index in [1.807, 2.05) is 6.07 Å². The number of carbonyl (C=O) groups excluding carboxylic acids is 1. The van der Waals surface area contributed by atoms with E-state index in [1.54, 1.807) is 36.2 Å². The third-order valence-electron chi connectivity index (χ3n) is 4.31. The number of benzene rings is 2. The van der Waals surface area contributed by atoms with Gasteiger partial charge in [-0.2, -0.15) is 0 Å². The number of hydrogen-bond donors (Lipinski definition) is 0. The van der Waals surface area contributed by atoms with Gasteiger partial charge in [0.2, 0.25) is 5.91 Å². The summed E-state index contributed by atoms with van der Waals surface area (Å²) in [7, 11) is 1.77. The summed E-state index contributed by atoms with van der Waals surface area (Å²) in [6.07, 6.45) is 1.61. The molecule has 0 bridgehead atoms. The molecule has 0 aromatic heterocycles. The van der Waals surface area contributed by atoms with Crippen LogP contribution in [0.2, 0.25) is 10.0 Å². The van der Waals surface area contributed by atoms with Gasteiger partial charge in [0.1, 0.15) is 5.82 Å². The minimum Gasteiger partial charge on any atom is -0.341 e. The molecule has 1 fully saturated rings. The van der Waals surface area contributed by atoms with Gasteiger partial charge in [0, 0.05) is 13.6 Å². The maximum absolute atomic E-state index is 13.0. The van der Waals surface area contributed by atoms with Crippen molar-refractivity contribution in [1.82, 2.24) is 4.90 Å². The minimum absolute atomic E-state index is 0.0558. The Balaban J connectivity index is 1.78. The zero-order chi connectivity index (χ0) is 16.6. The molecule has 1 amide bonds. The van der Waals surface area contributed by atoms with Gasteiger partial charge in [0.05, 0.1) is 15.5 Å². The maximum atomic E-state index is 13.0. The highest BCUT2D eigenvalue weighted by Crippen LogP contribution is 2.50. The molecule has 1 aliphatic rings. The molecule has 0 aliphatic heterocycles. The summed E-state index contributed by atoms with van der Waals surface area (Å²) in [5.41, 5.74) is 1.30. The second-order valence-electron chi connectivity index (χ2n) is 6.00. The summed E-state index contributed by atoms with van der Waals surface area (Å²) in [4.78, 5) is 14.6. The molecule has 2 nitrogen and oxygen atoms in total. The highest BCUT2D eigenvalue weighted by Gasteiger charge is 2.52. The molecule has 3 rings (SSSR count). The average Bonchev–Trinajstić information content (AvgIpc) is 3.33. The molecule has 120 valence electrons. The first-order chi connectivity index (χ1) is 10.9. The maximum Gasteiger partial charge on any atom is 0.233 e. The molecule has 0 atom stereocenters. The molecule has 1 aliphatic carbocycles. The first-order valence-electron chi connectivity index (χ1n) is 7.38. The van der Waals surface area contributed by atoms with Crippen molar-refractivity contribution in [2.75, 3.05) is 7.05 Å². The van der Waals surface area contributed by atoms with E-state index in [-0.39, 0.29) is 11.7 Å². The van der Waals surface area contributed by atoms with Crippen molar-refractivity contribution < 1.29 is 9.18 Å². The Morgan fingerprint density at radius 2 is 1.78 bits per heavy atom. The van der Waals surface area contributed by atoms with Crippen molar-refractivity contribution >= 4 is 29.1 Å². The largest absolute Gasteiger partial charge is 0.341 e. The van der Waals surface area contributed by atoms with Crippen LogP contribution in [0.1, 0.15) is 24.0 Å². The van der Waals surface area contributed by atoms with Gasteiger partial charge >= 0.3 is 0 Å². The molecule has 0 heterocycles. The number of amides is 1. The van der Waals surface area contributed by atoms with E-state index in [2.05, 4.69) is 0 Å². The fourth-order valence-corrected chi connectivity index (χ4v) is 3.14. The number of hydrogen-bond acceptors (Lipinski definition) is 1. The fraction of sp³-hybridized carbons (Fsp3) is 0.278. The van der Waals surface area contributed by atoms with E-state index >= 15 is 0 Å². The zero-order valence-electron chi connectivity index (χ0n) is 12.7. The Labute approximate surface area is 144 Å². The molecule has 0 unspecified atom stereocenters. The quantitative estimate of drug-likeness (QED) is 0.772. The van der Waals surface area contributed by atoms with E-state index in [4.69, 9.17) is 23.2 Å². The van der Waals surface area contributed by atoms with Gasteiger partial charge in [-0.15, -0.1) is 0 Å². The summed E-state index contributed by atoms with van der Waals surface area (Å²) >= 11 is 12.0. The Bertz CT molecular complexity index is 741. The molecule has 2 aromatic rings. The Kier molecular flexibility index (Phi) is 4.35. The molecule has 2 aromatic carbocycles. The predicted octanol–water partition coefficient (Wildman–Crippen LogP) is 4.82. The minimum atomic E-state index is -0.497. The average molecular weight is 352 g/mol. The van der Waals surface area contributed by atoms with Crippen molar-refractivity contribution in [2.45, 2.75) is 24.8 Å². The van der Waals surface area contributed by atoms with Crippen LogP contribution in [0.5, 0.6) is 0 Å². The second-order valence-corrected chi connectivity index (χ2v) is 6.81. The molecule has 1 saturated carbocycles. The molecule has 0 saturated heterocycles. The van der Waals surface area contributed by atoms with Crippen LogP contribution in [-0.4, -0.2) is 17.9 Å². The number of halogens is 3. The van der Waals surface area contributed by atoms with Crippen molar-refractivity contribution in [3.8, 4) is 0 Å². The van der Waals surface area contributed by atoms with Crippen molar-refractivity contribution in [1.29, 1.82) is 0 Å². The monoisotopic (exact) mass is 351 g/mol. The first-order valence-corrected chi connectivity index (χ1v) is 8.13. The first kappa shape index (κ1) is 16.3. The number of rotatable bonds is 4. The van der Waals surface area contributed by atoms with E-state index in [0.29, 0.717) is 16.6 Å². The molecule has 0 radical (unpaired) electrons. The summed E-state index contributed by atoms with van der Waals surface area (Å²) in [6.45, 7) is 0.447. The predicted molar refractivity (Wildman–Crippen MR) is 90.2 cm³/mol. The van der Waals surface area contributed by atoms with Crippen LogP contribution < -0.4 is 0 Å². The highest BCUT2D eigenvalue weighted by atomic mass is 35.5. The van der Waals surface area contributed by atoms with E-state index in [0.717, 1.165) is 24.0 Å². The summed E-state index contributed by atoms with van der Waals surface area (Å²) < 4.78 is 13.0. The molecule has 23 heavy (non-hydrogen) atoms. The Morgan fingerprint density at radius 1 is 1.13 bits per heavy atom. The van der Waals surface area contributed by atoms with Gasteiger partial charge in [-0.1, -0.05) is 41.4 Å². The summed E-state index contributed by atoms with van der Waals surface area (Å²) in [5, 5.41) is 0.947. The molecule has 0 spiro atoms. The van der Waals surface area contributed by atoms with Crippen LogP contribution in [0, 0.1) is 5.82 Å². The van der Waals surface area contributed by atoms with E-state index < -0.39 is 5.41 Å². The molecule has 5 heteroatoms. The number of likely N-dealkylation sites (N-methyl/N-ethyl adjacent to an activating group) is 1. The van der Waals surface area contributed by atoms with Crippen molar-refractivity contribution in [3.05, 3.63) is 69.5 Å². The van der Waals surface area contributed by atoms with E-state index in [1.165, 1.54) is 12.1 Å². The number of nitrogens with zero attached hydrogens (tertiary/aromatic N) is 1. The lowest BCUT2D eigenvalue weighted by molar-refractivity contribution is -0.133. The molecular formula is C18H16Cl2FNO. The summed E-state index contributed by atoms with van der Waals surface area (Å²) in [6, 6.07) is 11.6. The second kappa shape index (κ2) is 6.14. The van der Waals surface area contributed by atoms with Gasteiger partial charge in [-0.25, -0.2) is 4.39 Å². The lowest BCUT2D eigenvalue weighted by atomic mass is 9.94. The van der Waals surface area contributed by atoms with Crippen molar-refractivity contribution in [2.24, 2.45) is 0 Å². The van der Waals surface area contributed by atoms with Gasteiger partial charge in [-0.3, -0.25) is 4.79 Å². The van der Waals surface area contributed by atoms with Gasteiger partial charge < -0.3 is 4.90 Å².